The number of nitrogens with one attached hydrogen (secondary N) is 1. The van der Waals surface area contributed by atoms with Gasteiger partial charge in [-0.3, -0.25) is 4.79 Å². The van der Waals surface area contributed by atoms with Crippen LogP contribution < -0.4 is 15.8 Å². The summed E-state index contributed by atoms with van der Waals surface area (Å²) in [6, 6.07) is 18.9. The number of amides is 1. The average Bonchev–Trinajstić information content (AvgIpc) is 2.72. The Balaban J connectivity index is 1.47. The molecule has 8 heteroatoms. The van der Waals surface area contributed by atoms with Crippen LogP contribution in [0.3, 0.4) is 0 Å². The number of nitrogen functional groups attached to an aromatic ring is 1. The molecule has 0 fully saturated rings. The maximum absolute atomic E-state index is 12.1. The maximum Gasteiger partial charge on any atom is 0.234 e. The predicted molar refractivity (Wildman–Crippen MR) is 108 cm³/mol. The topological polar surface area (TPSA) is 114 Å². The van der Waals surface area contributed by atoms with Gasteiger partial charge < -0.3 is 15.8 Å². The van der Waals surface area contributed by atoms with Crippen LogP contribution in [0.2, 0.25) is 0 Å². The van der Waals surface area contributed by atoms with E-state index in [9.17, 15) is 4.79 Å². The van der Waals surface area contributed by atoms with Gasteiger partial charge in [0.15, 0.2) is 5.16 Å². The molecule has 7 nitrogen and oxygen atoms in total. The van der Waals surface area contributed by atoms with E-state index in [0.717, 1.165) is 23.1 Å². The Kier molecular flexibility index (Phi) is 6.44. The minimum Gasteiger partial charge on any atom is -0.489 e. The standard InChI is InChI=1S/C20H17N5O2S/c21-10-15-11-23-20(25-19(15)22)28-13-18(26)24-16-6-8-17(9-7-16)27-12-14-4-2-1-3-5-14/h1-9,11H,12-13H2,(H,24,26)(H2,22,23,25). The van der Waals surface area contributed by atoms with Crippen LogP contribution in [0.5, 0.6) is 5.75 Å². The van der Waals surface area contributed by atoms with Gasteiger partial charge in [-0.15, -0.1) is 0 Å². The first kappa shape index (κ1) is 19.2. The van der Waals surface area contributed by atoms with Crippen molar-refractivity contribution in [3.8, 4) is 11.8 Å². The Morgan fingerprint density at radius 2 is 1.93 bits per heavy atom. The molecule has 0 aliphatic carbocycles. The van der Waals surface area contributed by atoms with Crippen molar-refractivity contribution in [3.63, 3.8) is 0 Å². The van der Waals surface area contributed by atoms with Crippen molar-refractivity contribution in [1.29, 1.82) is 5.26 Å². The van der Waals surface area contributed by atoms with Crippen molar-refractivity contribution < 1.29 is 9.53 Å². The zero-order valence-electron chi connectivity index (χ0n) is 14.8. The van der Waals surface area contributed by atoms with Crippen molar-refractivity contribution in [1.82, 2.24) is 9.97 Å². The van der Waals surface area contributed by atoms with Crippen molar-refractivity contribution in [2.45, 2.75) is 11.8 Å². The van der Waals surface area contributed by atoms with Gasteiger partial charge in [-0.25, -0.2) is 9.97 Å². The fourth-order valence-electron chi connectivity index (χ4n) is 2.24. The number of hydrogen-bond donors (Lipinski definition) is 2. The molecule has 0 radical (unpaired) electrons. The van der Waals surface area contributed by atoms with E-state index in [2.05, 4.69) is 15.3 Å². The zero-order valence-corrected chi connectivity index (χ0v) is 15.6. The highest BCUT2D eigenvalue weighted by atomic mass is 32.2. The number of anilines is 2. The van der Waals surface area contributed by atoms with Gasteiger partial charge in [-0.05, 0) is 29.8 Å². The number of carbonyl (C=O) groups excluding carboxylic acids is 1. The third-order valence-corrected chi connectivity index (χ3v) is 4.50. The molecule has 3 aromatic rings. The third kappa shape index (κ3) is 5.46. The lowest BCUT2D eigenvalue weighted by molar-refractivity contribution is -0.113. The first-order chi connectivity index (χ1) is 13.6. The Morgan fingerprint density at radius 3 is 2.61 bits per heavy atom. The molecule has 0 saturated carbocycles. The Bertz CT molecular complexity index is 988. The monoisotopic (exact) mass is 391 g/mol. The summed E-state index contributed by atoms with van der Waals surface area (Å²) in [5.74, 6) is 0.746. The van der Waals surface area contributed by atoms with Crippen LogP contribution in [0.1, 0.15) is 11.1 Å². The molecule has 0 unspecified atom stereocenters. The van der Waals surface area contributed by atoms with Crippen LogP contribution in [0.25, 0.3) is 0 Å². The van der Waals surface area contributed by atoms with Gasteiger partial charge in [-0.1, -0.05) is 42.1 Å². The van der Waals surface area contributed by atoms with E-state index in [-0.39, 0.29) is 23.0 Å². The third-order valence-electron chi connectivity index (χ3n) is 3.64. The number of nitriles is 1. The van der Waals surface area contributed by atoms with Crippen LogP contribution in [0, 0.1) is 11.3 Å². The first-order valence-electron chi connectivity index (χ1n) is 8.36. The minimum atomic E-state index is -0.200. The van der Waals surface area contributed by atoms with Crippen LogP contribution >= 0.6 is 11.8 Å². The molecular formula is C20H17N5O2S. The van der Waals surface area contributed by atoms with Gasteiger partial charge in [0, 0.05) is 5.69 Å². The summed E-state index contributed by atoms with van der Waals surface area (Å²) in [4.78, 5) is 20.1. The number of aromatic nitrogens is 2. The van der Waals surface area contributed by atoms with E-state index in [1.165, 1.54) is 6.20 Å². The van der Waals surface area contributed by atoms with E-state index in [0.29, 0.717) is 17.5 Å². The molecule has 0 atom stereocenters. The normalized spacial score (nSPS) is 10.1. The Labute approximate surface area is 166 Å². The summed E-state index contributed by atoms with van der Waals surface area (Å²) in [5.41, 5.74) is 7.60. The summed E-state index contributed by atoms with van der Waals surface area (Å²) in [6.07, 6.45) is 1.34. The second kappa shape index (κ2) is 9.39. The minimum absolute atomic E-state index is 0.103. The molecule has 1 heterocycles. The van der Waals surface area contributed by atoms with Gasteiger partial charge in [0.25, 0.3) is 0 Å². The Hall–Kier alpha value is -3.57. The lowest BCUT2D eigenvalue weighted by atomic mass is 10.2. The molecule has 0 saturated heterocycles. The molecule has 0 spiro atoms. The molecule has 1 aromatic heterocycles. The molecule has 2 aromatic carbocycles. The number of thioether (sulfide) groups is 1. The lowest BCUT2D eigenvalue weighted by Crippen LogP contribution is -2.14. The summed E-state index contributed by atoms with van der Waals surface area (Å²) in [7, 11) is 0. The largest absolute Gasteiger partial charge is 0.489 e. The van der Waals surface area contributed by atoms with E-state index < -0.39 is 0 Å². The van der Waals surface area contributed by atoms with E-state index in [4.69, 9.17) is 15.7 Å². The number of nitrogens with two attached hydrogens (primary N) is 1. The van der Waals surface area contributed by atoms with Crippen molar-refractivity contribution in [2.24, 2.45) is 0 Å². The second-order valence-corrected chi connectivity index (χ2v) is 6.64. The van der Waals surface area contributed by atoms with Gasteiger partial charge in [0.2, 0.25) is 5.91 Å². The maximum atomic E-state index is 12.1. The average molecular weight is 391 g/mol. The molecule has 28 heavy (non-hydrogen) atoms. The van der Waals surface area contributed by atoms with Crippen molar-refractivity contribution in [3.05, 3.63) is 71.9 Å². The zero-order chi connectivity index (χ0) is 19.8. The first-order valence-corrected chi connectivity index (χ1v) is 9.34. The highest BCUT2D eigenvalue weighted by Crippen LogP contribution is 2.19. The smallest absolute Gasteiger partial charge is 0.234 e. The fraction of sp³-hybridized carbons (Fsp3) is 0.100. The molecule has 140 valence electrons. The number of carbonyl (C=O) groups is 1. The quantitative estimate of drug-likeness (QED) is 0.469. The van der Waals surface area contributed by atoms with Gasteiger partial charge in [-0.2, -0.15) is 5.26 Å². The second-order valence-electron chi connectivity index (χ2n) is 5.70. The summed E-state index contributed by atoms with van der Waals surface area (Å²) >= 11 is 1.14. The molecule has 3 N–H and O–H groups in total. The number of rotatable bonds is 7. The molecule has 0 aliphatic heterocycles. The molecule has 0 aliphatic rings. The summed E-state index contributed by atoms with van der Waals surface area (Å²) in [5, 5.41) is 12.0. The molecular weight excluding hydrogens is 374 g/mol. The van der Waals surface area contributed by atoms with Gasteiger partial charge >= 0.3 is 0 Å². The summed E-state index contributed by atoms with van der Waals surface area (Å²) < 4.78 is 5.72. The van der Waals surface area contributed by atoms with E-state index >= 15 is 0 Å². The highest BCUT2D eigenvalue weighted by Gasteiger charge is 2.08. The molecule has 0 bridgehead atoms. The van der Waals surface area contributed by atoms with Crippen LogP contribution in [0.15, 0.2) is 66.0 Å². The van der Waals surface area contributed by atoms with Gasteiger partial charge in [0.1, 0.15) is 29.8 Å². The number of benzene rings is 2. The van der Waals surface area contributed by atoms with Crippen molar-refractivity contribution >= 4 is 29.2 Å². The highest BCUT2D eigenvalue weighted by molar-refractivity contribution is 7.99. The molecule has 1 amide bonds. The van der Waals surface area contributed by atoms with E-state index in [1.54, 1.807) is 24.3 Å². The SMILES string of the molecule is N#Cc1cnc(SCC(=O)Nc2ccc(OCc3ccccc3)cc2)nc1N. The van der Waals surface area contributed by atoms with Gasteiger partial charge in [0.05, 0.1) is 11.9 Å². The summed E-state index contributed by atoms with van der Waals surface area (Å²) in [6.45, 7) is 0.483. The van der Waals surface area contributed by atoms with Crippen LogP contribution in [-0.2, 0) is 11.4 Å². The van der Waals surface area contributed by atoms with Crippen LogP contribution in [-0.4, -0.2) is 21.6 Å². The molecule has 3 rings (SSSR count). The number of ether oxygens (including phenoxy) is 1. The van der Waals surface area contributed by atoms with E-state index in [1.807, 2.05) is 36.4 Å². The lowest BCUT2D eigenvalue weighted by Gasteiger charge is -2.08. The number of nitrogens with zero attached hydrogens (tertiary/aromatic N) is 3. The van der Waals surface area contributed by atoms with Crippen molar-refractivity contribution in [2.75, 3.05) is 16.8 Å². The Morgan fingerprint density at radius 1 is 1.18 bits per heavy atom. The fourth-order valence-corrected chi connectivity index (χ4v) is 2.86. The predicted octanol–water partition coefficient (Wildman–Crippen LogP) is 3.24. The number of hydrogen-bond acceptors (Lipinski definition) is 7. The van der Waals surface area contributed by atoms with Crippen LogP contribution in [0.4, 0.5) is 11.5 Å².